The smallest absolute Gasteiger partial charge is 0.275 e. The van der Waals surface area contributed by atoms with Crippen LogP contribution < -0.4 is 10.2 Å². The maximum Gasteiger partial charge on any atom is 0.275 e. The molecular weight excluding hydrogens is 428 g/mol. The van der Waals surface area contributed by atoms with Gasteiger partial charge in [0, 0.05) is 54.8 Å². The van der Waals surface area contributed by atoms with Crippen molar-refractivity contribution >= 4 is 17.4 Å². The highest BCUT2D eigenvalue weighted by Gasteiger charge is 2.33. The van der Waals surface area contributed by atoms with Crippen molar-refractivity contribution in [1.82, 2.24) is 19.7 Å². The number of carbonyl (C=O) groups excluding carboxylic acids is 1. The second kappa shape index (κ2) is 8.83. The van der Waals surface area contributed by atoms with E-state index in [4.69, 9.17) is 0 Å². The van der Waals surface area contributed by atoms with Gasteiger partial charge in [0.1, 0.15) is 11.5 Å². The number of rotatable bonds is 7. The summed E-state index contributed by atoms with van der Waals surface area (Å²) < 4.78 is 1.96. The topological polar surface area (TPSA) is 96.2 Å². The van der Waals surface area contributed by atoms with E-state index in [0.717, 1.165) is 54.6 Å². The first kappa shape index (κ1) is 22.5. The van der Waals surface area contributed by atoms with Crippen LogP contribution in [0.4, 0.5) is 11.5 Å². The van der Waals surface area contributed by atoms with Crippen LogP contribution in [-0.4, -0.2) is 49.5 Å². The lowest BCUT2D eigenvalue weighted by molar-refractivity contribution is 0.0263. The molecule has 4 heterocycles. The molecule has 0 bridgehead atoms. The highest BCUT2D eigenvalue weighted by atomic mass is 16.3. The molecule has 2 N–H and O–H groups in total. The number of hydrogen-bond acceptors (Lipinski definition) is 6. The van der Waals surface area contributed by atoms with Gasteiger partial charge < -0.3 is 15.3 Å². The highest BCUT2D eigenvalue weighted by Crippen LogP contribution is 2.32. The van der Waals surface area contributed by atoms with Crippen LogP contribution in [-0.2, 0) is 6.54 Å². The van der Waals surface area contributed by atoms with Gasteiger partial charge in [-0.1, -0.05) is 6.07 Å². The van der Waals surface area contributed by atoms with Gasteiger partial charge >= 0.3 is 0 Å². The SMILES string of the molecule is Cc1cc(N2CC[C@@H](C(C)(C)O)C2)cc(NC(=O)c2cccc(-c3cnn(CC4CC4)c3)n2)n1. The first-order chi connectivity index (χ1) is 16.2. The molecule has 8 heteroatoms. The minimum Gasteiger partial charge on any atom is -0.390 e. The van der Waals surface area contributed by atoms with Gasteiger partial charge in [-0.15, -0.1) is 0 Å². The quantitative estimate of drug-likeness (QED) is 0.555. The first-order valence-corrected chi connectivity index (χ1v) is 12.0. The molecule has 5 rings (SSSR count). The monoisotopic (exact) mass is 460 g/mol. The third-order valence-corrected chi connectivity index (χ3v) is 6.79. The molecule has 3 aromatic heterocycles. The molecule has 0 unspecified atom stereocenters. The number of aliphatic hydroxyl groups is 1. The molecular formula is C26H32N6O2. The predicted molar refractivity (Wildman–Crippen MR) is 132 cm³/mol. The van der Waals surface area contributed by atoms with Crippen molar-refractivity contribution in [1.29, 1.82) is 0 Å². The van der Waals surface area contributed by atoms with Crippen molar-refractivity contribution in [3.05, 3.63) is 54.1 Å². The molecule has 1 saturated heterocycles. The Kier molecular flexibility index (Phi) is 5.85. The number of carbonyl (C=O) groups is 1. The summed E-state index contributed by atoms with van der Waals surface area (Å²) in [6.45, 7) is 8.23. The van der Waals surface area contributed by atoms with E-state index in [0.29, 0.717) is 11.5 Å². The van der Waals surface area contributed by atoms with Crippen LogP contribution in [0.5, 0.6) is 0 Å². The minimum absolute atomic E-state index is 0.208. The van der Waals surface area contributed by atoms with E-state index >= 15 is 0 Å². The van der Waals surface area contributed by atoms with E-state index in [1.807, 2.05) is 55.9 Å². The number of nitrogens with zero attached hydrogens (tertiary/aromatic N) is 5. The minimum atomic E-state index is -0.709. The second-order valence-electron chi connectivity index (χ2n) is 10.2. The van der Waals surface area contributed by atoms with Gasteiger partial charge in [0.05, 0.1) is 17.5 Å². The number of anilines is 2. The highest BCUT2D eigenvalue weighted by molar-refractivity contribution is 6.02. The standard InChI is InChI=1S/C26H32N6O2/c1-17-11-21(31-10-9-20(16-31)26(2,3)34)12-24(28-17)30-25(33)23-6-4-5-22(29-23)19-13-27-32(15-19)14-18-7-8-18/h4-6,11-13,15,18,20,34H,7-10,14,16H2,1-3H3,(H,28,30,33)/t20-/m1/s1. The van der Waals surface area contributed by atoms with E-state index in [9.17, 15) is 9.90 Å². The van der Waals surface area contributed by atoms with Crippen molar-refractivity contribution < 1.29 is 9.90 Å². The van der Waals surface area contributed by atoms with Crippen molar-refractivity contribution in [2.24, 2.45) is 11.8 Å². The summed E-state index contributed by atoms with van der Waals surface area (Å²) in [6, 6.07) is 9.35. The summed E-state index contributed by atoms with van der Waals surface area (Å²) in [7, 11) is 0. The molecule has 1 saturated carbocycles. The zero-order valence-corrected chi connectivity index (χ0v) is 20.0. The lowest BCUT2D eigenvalue weighted by atomic mass is 9.90. The van der Waals surface area contributed by atoms with Crippen LogP contribution in [0, 0.1) is 18.8 Å². The lowest BCUT2D eigenvalue weighted by Crippen LogP contribution is -2.33. The average molecular weight is 461 g/mol. The lowest BCUT2D eigenvalue weighted by Gasteiger charge is -2.26. The van der Waals surface area contributed by atoms with Crippen LogP contribution in [0.15, 0.2) is 42.7 Å². The number of aryl methyl sites for hydroxylation is 1. The summed E-state index contributed by atoms with van der Waals surface area (Å²) in [5, 5.41) is 17.7. The van der Waals surface area contributed by atoms with Crippen molar-refractivity contribution in [3.8, 4) is 11.3 Å². The van der Waals surface area contributed by atoms with Crippen LogP contribution in [0.25, 0.3) is 11.3 Å². The Labute approximate surface area is 200 Å². The van der Waals surface area contributed by atoms with Crippen LogP contribution in [0.2, 0.25) is 0 Å². The molecule has 0 radical (unpaired) electrons. The Hall–Kier alpha value is -3.26. The molecule has 1 aliphatic heterocycles. The summed E-state index contributed by atoms with van der Waals surface area (Å²) >= 11 is 0. The molecule has 0 aromatic carbocycles. The maximum atomic E-state index is 13.0. The van der Waals surface area contributed by atoms with Gasteiger partial charge in [0.25, 0.3) is 5.91 Å². The number of nitrogens with one attached hydrogen (secondary N) is 1. The molecule has 8 nitrogen and oxygen atoms in total. The summed E-state index contributed by atoms with van der Waals surface area (Å²) in [4.78, 5) is 24.3. The van der Waals surface area contributed by atoms with Crippen LogP contribution in [0.1, 0.15) is 49.3 Å². The second-order valence-corrected chi connectivity index (χ2v) is 10.2. The Bertz CT molecular complexity index is 1190. The summed E-state index contributed by atoms with van der Waals surface area (Å²) in [6.07, 6.45) is 7.27. The molecule has 178 valence electrons. The van der Waals surface area contributed by atoms with Gasteiger partial charge in [-0.05, 0) is 64.2 Å². The zero-order chi connectivity index (χ0) is 23.9. The number of amides is 1. The Balaban J connectivity index is 1.30. The van der Waals surface area contributed by atoms with Gasteiger partial charge in [0.2, 0.25) is 0 Å². The van der Waals surface area contributed by atoms with Gasteiger partial charge in [0.15, 0.2) is 0 Å². The fourth-order valence-electron chi connectivity index (χ4n) is 4.53. The third-order valence-electron chi connectivity index (χ3n) is 6.79. The van der Waals surface area contributed by atoms with Crippen molar-refractivity contribution in [2.45, 2.75) is 52.2 Å². The predicted octanol–water partition coefficient (Wildman–Crippen LogP) is 3.91. The van der Waals surface area contributed by atoms with E-state index in [2.05, 4.69) is 25.3 Å². The van der Waals surface area contributed by atoms with Crippen LogP contribution >= 0.6 is 0 Å². The average Bonchev–Trinajstić information content (AvgIpc) is 3.24. The molecule has 1 aliphatic carbocycles. The van der Waals surface area contributed by atoms with Gasteiger partial charge in [-0.3, -0.25) is 9.48 Å². The Morgan fingerprint density at radius 3 is 2.76 bits per heavy atom. The fraction of sp³-hybridized carbons (Fsp3) is 0.462. The van der Waals surface area contributed by atoms with E-state index in [-0.39, 0.29) is 11.8 Å². The van der Waals surface area contributed by atoms with E-state index in [1.165, 1.54) is 12.8 Å². The van der Waals surface area contributed by atoms with Gasteiger partial charge in [-0.25, -0.2) is 9.97 Å². The largest absolute Gasteiger partial charge is 0.390 e. The molecule has 2 aliphatic rings. The zero-order valence-electron chi connectivity index (χ0n) is 20.0. The molecule has 0 spiro atoms. The molecule has 34 heavy (non-hydrogen) atoms. The van der Waals surface area contributed by atoms with E-state index < -0.39 is 5.60 Å². The summed E-state index contributed by atoms with van der Waals surface area (Å²) in [5.41, 5.74) is 3.08. The van der Waals surface area contributed by atoms with E-state index in [1.54, 1.807) is 12.3 Å². The molecule has 3 aromatic rings. The first-order valence-electron chi connectivity index (χ1n) is 12.0. The normalized spacial score (nSPS) is 18.4. The number of pyridine rings is 2. The maximum absolute atomic E-state index is 13.0. The van der Waals surface area contributed by atoms with Gasteiger partial charge in [-0.2, -0.15) is 5.10 Å². The summed E-state index contributed by atoms with van der Waals surface area (Å²) in [5.74, 6) is 1.15. The molecule has 1 atom stereocenters. The number of aromatic nitrogens is 4. The Morgan fingerprint density at radius 2 is 2.03 bits per heavy atom. The Morgan fingerprint density at radius 1 is 1.21 bits per heavy atom. The number of hydrogen-bond donors (Lipinski definition) is 2. The van der Waals surface area contributed by atoms with Crippen molar-refractivity contribution in [3.63, 3.8) is 0 Å². The van der Waals surface area contributed by atoms with Crippen molar-refractivity contribution in [2.75, 3.05) is 23.3 Å². The van der Waals surface area contributed by atoms with Crippen LogP contribution in [0.3, 0.4) is 0 Å². The molecule has 2 fully saturated rings. The third kappa shape index (κ3) is 5.12. The fourth-order valence-corrected chi connectivity index (χ4v) is 4.53. The molecule has 1 amide bonds.